The molecule has 3 rings (SSSR count). The van der Waals surface area contributed by atoms with Gasteiger partial charge in [-0.2, -0.15) is 5.10 Å². The molecule has 3 aromatic rings. The zero-order valence-electron chi connectivity index (χ0n) is 11.0. The first-order valence-corrected chi connectivity index (χ1v) is 6.39. The normalized spacial score (nSPS) is 11.1. The lowest BCUT2D eigenvalue weighted by atomic mass is 10.2. The molecule has 0 aliphatic carbocycles. The first kappa shape index (κ1) is 13.1. The Bertz CT molecular complexity index is 823. The fourth-order valence-electron chi connectivity index (χ4n) is 2.06. The minimum Gasteiger partial charge on any atom is -0.361 e. The number of para-hydroxylation sites is 1. The highest BCUT2D eigenvalue weighted by molar-refractivity contribution is 6.00. The Morgan fingerprint density at radius 1 is 1.19 bits per heavy atom. The molecular formula is C16H12FN3O. The Morgan fingerprint density at radius 2 is 2.05 bits per heavy atom. The summed E-state index contributed by atoms with van der Waals surface area (Å²) in [6, 6.07) is 13.2. The van der Waals surface area contributed by atoms with Crippen LogP contribution in [0.1, 0.15) is 15.9 Å². The number of halogens is 1. The first-order chi connectivity index (χ1) is 10.2. The predicted octanol–water partition coefficient (Wildman–Crippen LogP) is 3.07. The highest BCUT2D eigenvalue weighted by Gasteiger charge is 2.05. The predicted molar refractivity (Wildman–Crippen MR) is 79.8 cm³/mol. The number of nitrogens with zero attached hydrogens (tertiary/aromatic N) is 1. The average Bonchev–Trinajstić information content (AvgIpc) is 2.91. The largest absolute Gasteiger partial charge is 0.361 e. The van der Waals surface area contributed by atoms with Gasteiger partial charge in [-0.05, 0) is 24.3 Å². The molecule has 0 fully saturated rings. The molecule has 0 radical (unpaired) electrons. The Morgan fingerprint density at radius 3 is 2.90 bits per heavy atom. The molecule has 0 saturated heterocycles. The second kappa shape index (κ2) is 5.58. The van der Waals surface area contributed by atoms with E-state index in [0.717, 1.165) is 22.5 Å². The minimum atomic E-state index is -0.455. The molecule has 0 spiro atoms. The van der Waals surface area contributed by atoms with E-state index in [0.29, 0.717) is 0 Å². The molecule has 2 aromatic carbocycles. The van der Waals surface area contributed by atoms with Gasteiger partial charge in [0.1, 0.15) is 5.82 Å². The molecule has 1 aromatic heterocycles. The Balaban J connectivity index is 1.74. The summed E-state index contributed by atoms with van der Waals surface area (Å²) in [4.78, 5) is 14.9. The summed E-state index contributed by atoms with van der Waals surface area (Å²) in [5.74, 6) is -0.908. The van der Waals surface area contributed by atoms with E-state index in [2.05, 4.69) is 15.5 Å². The number of aromatic amines is 1. The van der Waals surface area contributed by atoms with Crippen LogP contribution in [0.5, 0.6) is 0 Å². The highest BCUT2D eigenvalue weighted by Crippen LogP contribution is 2.15. The van der Waals surface area contributed by atoms with E-state index in [1.165, 1.54) is 18.2 Å². The van der Waals surface area contributed by atoms with Crippen LogP contribution < -0.4 is 5.43 Å². The fourth-order valence-corrected chi connectivity index (χ4v) is 2.06. The quantitative estimate of drug-likeness (QED) is 0.562. The number of carbonyl (C=O) groups is 1. The van der Waals surface area contributed by atoms with E-state index in [-0.39, 0.29) is 5.56 Å². The minimum absolute atomic E-state index is 0.228. The van der Waals surface area contributed by atoms with E-state index in [9.17, 15) is 9.18 Å². The third kappa shape index (κ3) is 2.81. The number of nitrogens with one attached hydrogen (secondary N) is 2. The van der Waals surface area contributed by atoms with Crippen LogP contribution in [0, 0.1) is 5.82 Å². The Labute approximate surface area is 120 Å². The van der Waals surface area contributed by atoms with Gasteiger partial charge in [0.2, 0.25) is 0 Å². The number of hydrazone groups is 1. The second-order valence-corrected chi connectivity index (χ2v) is 4.50. The van der Waals surface area contributed by atoms with Gasteiger partial charge in [0.05, 0.1) is 6.21 Å². The summed E-state index contributed by atoms with van der Waals surface area (Å²) in [6.07, 6.45) is 3.36. The second-order valence-electron chi connectivity index (χ2n) is 4.50. The Kier molecular flexibility index (Phi) is 3.47. The van der Waals surface area contributed by atoms with Gasteiger partial charge in [0.25, 0.3) is 5.91 Å². The van der Waals surface area contributed by atoms with Gasteiger partial charge in [0.15, 0.2) is 0 Å². The van der Waals surface area contributed by atoms with Crippen molar-refractivity contribution in [3.63, 3.8) is 0 Å². The molecule has 1 amide bonds. The lowest BCUT2D eigenvalue weighted by Crippen LogP contribution is -2.17. The molecule has 0 aliphatic heterocycles. The monoisotopic (exact) mass is 281 g/mol. The number of aromatic nitrogens is 1. The number of benzene rings is 2. The van der Waals surface area contributed by atoms with Gasteiger partial charge in [-0.25, -0.2) is 9.82 Å². The number of fused-ring (bicyclic) bond motifs is 1. The average molecular weight is 281 g/mol. The molecule has 21 heavy (non-hydrogen) atoms. The number of carbonyl (C=O) groups excluding carboxylic acids is 1. The fraction of sp³-hybridized carbons (Fsp3) is 0. The number of hydrogen-bond donors (Lipinski definition) is 2. The zero-order chi connectivity index (χ0) is 14.7. The van der Waals surface area contributed by atoms with Gasteiger partial charge in [0, 0.05) is 28.2 Å². The summed E-state index contributed by atoms with van der Waals surface area (Å²) < 4.78 is 13.0. The van der Waals surface area contributed by atoms with E-state index in [4.69, 9.17) is 0 Å². The summed E-state index contributed by atoms with van der Waals surface area (Å²) >= 11 is 0. The number of rotatable bonds is 3. The van der Waals surface area contributed by atoms with Gasteiger partial charge >= 0.3 is 0 Å². The number of H-pyrrole nitrogens is 1. The van der Waals surface area contributed by atoms with Gasteiger partial charge in [-0.1, -0.05) is 24.3 Å². The molecule has 1 heterocycles. The third-order valence-electron chi connectivity index (χ3n) is 3.08. The summed E-state index contributed by atoms with van der Waals surface area (Å²) in [5.41, 5.74) is 4.47. The van der Waals surface area contributed by atoms with Crippen LogP contribution in [0.2, 0.25) is 0 Å². The molecule has 0 atom stereocenters. The van der Waals surface area contributed by atoms with Crippen molar-refractivity contribution in [3.8, 4) is 0 Å². The molecule has 5 heteroatoms. The summed E-state index contributed by atoms with van der Waals surface area (Å²) in [5, 5.41) is 4.92. The van der Waals surface area contributed by atoms with E-state index in [1.54, 1.807) is 6.21 Å². The van der Waals surface area contributed by atoms with E-state index < -0.39 is 11.7 Å². The van der Waals surface area contributed by atoms with Crippen molar-refractivity contribution in [3.05, 3.63) is 71.7 Å². The maximum atomic E-state index is 13.0. The van der Waals surface area contributed by atoms with Crippen LogP contribution in [0.4, 0.5) is 4.39 Å². The molecule has 0 aliphatic rings. The maximum absolute atomic E-state index is 13.0. The van der Waals surface area contributed by atoms with E-state index in [1.807, 2.05) is 30.5 Å². The van der Waals surface area contributed by atoms with Crippen molar-refractivity contribution < 1.29 is 9.18 Å². The van der Waals surface area contributed by atoms with Crippen LogP contribution in [0.3, 0.4) is 0 Å². The molecular weight excluding hydrogens is 269 g/mol. The van der Waals surface area contributed by atoms with Crippen molar-refractivity contribution in [2.75, 3.05) is 0 Å². The zero-order valence-corrected chi connectivity index (χ0v) is 11.0. The van der Waals surface area contributed by atoms with Crippen LogP contribution in [-0.2, 0) is 0 Å². The molecule has 0 bridgehead atoms. The van der Waals surface area contributed by atoms with Crippen LogP contribution >= 0.6 is 0 Å². The van der Waals surface area contributed by atoms with Gasteiger partial charge in [-0.3, -0.25) is 4.79 Å². The van der Waals surface area contributed by atoms with Gasteiger partial charge in [-0.15, -0.1) is 0 Å². The van der Waals surface area contributed by atoms with Crippen molar-refractivity contribution >= 4 is 23.0 Å². The highest BCUT2D eigenvalue weighted by atomic mass is 19.1. The van der Waals surface area contributed by atoms with Crippen molar-refractivity contribution in [2.24, 2.45) is 5.10 Å². The number of hydrogen-bond acceptors (Lipinski definition) is 2. The van der Waals surface area contributed by atoms with Crippen LogP contribution in [-0.4, -0.2) is 17.1 Å². The first-order valence-electron chi connectivity index (χ1n) is 6.39. The molecule has 0 unspecified atom stereocenters. The standard InChI is InChI=1S/C16H12FN3O/c17-13-5-3-4-11(8-13)16(21)20-19-10-12-9-18-15-7-2-1-6-14(12)15/h1-10,18H,(H,20,21)/b19-10-. The third-order valence-corrected chi connectivity index (χ3v) is 3.08. The smallest absolute Gasteiger partial charge is 0.271 e. The van der Waals surface area contributed by atoms with Crippen molar-refractivity contribution in [2.45, 2.75) is 0 Å². The molecule has 104 valence electrons. The van der Waals surface area contributed by atoms with Crippen molar-refractivity contribution in [1.29, 1.82) is 0 Å². The molecule has 0 saturated carbocycles. The van der Waals surface area contributed by atoms with Crippen LogP contribution in [0.15, 0.2) is 59.8 Å². The Hall–Kier alpha value is -2.95. The van der Waals surface area contributed by atoms with Crippen molar-refractivity contribution in [1.82, 2.24) is 10.4 Å². The number of amides is 1. The lowest BCUT2D eigenvalue weighted by molar-refractivity contribution is 0.0954. The lowest BCUT2D eigenvalue weighted by Gasteiger charge is -1.99. The molecule has 4 nitrogen and oxygen atoms in total. The summed E-state index contributed by atoms with van der Waals surface area (Å²) in [6.45, 7) is 0. The van der Waals surface area contributed by atoms with Crippen LogP contribution in [0.25, 0.3) is 10.9 Å². The van der Waals surface area contributed by atoms with Gasteiger partial charge < -0.3 is 4.98 Å². The van der Waals surface area contributed by atoms with E-state index >= 15 is 0 Å². The summed E-state index contributed by atoms with van der Waals surface area (Å²) in [7, 11) is 0. The SMILES string of the molecule is O=C(N/N=C\c1c[nH]c2ccccc12)c1cccc(F)c1. The topological polar surface area (TPSA) is 57.2 Å². The maximum Gasteiger partial charge on any atom is 0.271 e. The molecule has 2 N–H and O–H groups in total.